The molecule has 1 aliphatic rings. The molecule has 0 spiro atoms. The van der Waals surface area contributed by atoms with E-state index in [0.29, 0.717) is 44.8 Å². The van der Waals surface area contributed by atoms with Crippen LogP contribution in [0.3, 0.4) is 0 Å². The van der Waals surface area contributed by atoms with Gasteiger partial charge >= 0.3 is 5.97 Å². The molecule has 2 amide bonds. The average Bonchev–Trinajstić information content (AvgIpc) is 2.82. The number of hydrogen-bond donors (Lipinski definition) is 1. The summed E-state index contributed by atoms with van der Waals surface area (Å²) in [5.41, 5.74) is 1.19. The van der Waals surface area contributed by atoms with Gasteiger partial charge in [-0.1, -0.05) is 44.2 Å². The third kappa shape index (κ3) is 6.54. The molecule has 1 saturated heterocycles. The second kappa shape index (κ2) is 11.4. The number of pyridine rings is 1. The van der Waals surface area contributed by atoms with Crippen molar-refractivity contribution in [1.29, 1.82) is 0 Å². The SMILES string of the molecule is CCOC(=O)c1ccc(N2CCN(C(=O)C(NC(=O)CC(C)C)c3ccccc3)CC2)nc1. The van der Waals surface area contributed by atoms with Crippen molar-refractivity contribution in [3.63, 3.8) is 0 Å². The monoisotopic (exact) mass is 452 g/mol. The molecule has 176 valence electrons. The molecule has 0 radical (unpaired) electrons. The zero-order valence-electron chi connectivity index (χ0n) is 19.5. The highest BCUT2D eigenvalue weighted by atomic mass is 16.5. The molecule has 1 aromatic carbocycles. The third-order valence-electron chi connectivity index (χ3n) is 5.45. The Hall–Kier alpha value is -3.42. The number of ether oxygens (including phenoxy) is 1. The Bertz CT molecular complexity index is 939. The Morgan fingerprint density at radius 3 is 2.30 bits per heavy atom. The van der Waals surface area contributed by atoms with Crippen LogP contribution in [0.25, 0.3) is 0 Å². The smallest absolute Gasteiger partial charge is 0.339 e. The number of anilines is 1. The minimum absolute atomic E-state index is 0.108. The molecule has 2 aromatic rings. The number of rotatable bonds is 8. The van der Waals surface area contributed by atoms with Crippen molar-refractivity contribution in [1.82, 2.24) is 15.2 Å². The number of aromatic nitrogens is 1. The summed E-state index contributed by atoms with van der Waals surface area (Å²) in [6.45, 7) is 8.29. The summed E-state index contributed by atoms with van der Waals surface area (Å²) >= 11 is 0. The molecule has 0 bridgehead atoms. The molecule has 1 unspecified atom stereocenters. The van der Waals surface area contributed by atoms with Crippen LogP contribution in [0.2, 0.25) is 0 Å². The predicted molar refractivity (Wildman–Crippen MR) is 126 cm³/mol. The molecule has 2 heterocycles. The summed E-state index contributed by atoms with van der Waals surface area (Å²) in [7, 11) is 0. The number of hydrogen-bond acceptors (Lipinski definition) is 6. The molecule has 1 atom stereocenters. The summed E-state index contributed by atoms with van der Waals surface area (Å²) in [5, 5.41) is 2.93. The topological polar surface area (TPSA) is 91.8 Å². The molecule has 1 aliphatic heterocycles. The number of nitrogens with zero attached hydrogens (tertiary/aromatic N) is 3. The Morgan fingerprint density at radius 1 is 1.03 bits per heavy atom. The highest BCUT2D eigenvalue weighted by molar-refractivity contribution is 5.89. The van der Waals surface area contributed by atoms with Crippen molar-refractivity contribution in [3.05, 3.63) is 59.8 Å². The Balaban J connectivity index is 1.64. The number of carbonyl (C=O) groups is 3. The van der Waals surface area contributed by atoms with E-state index in [9.17, 15) is 14.4 Å². The first-order valence-corrected chi connectivity index (χ1v) is 11.4. The summed E-state index contributed by atoms with van der Waals surface area (Å²) in [4.78, 5) is 45.9. The maximum absolute atomic E-state index is 13.4. The fourth-order valence-corrected chi connectivity index (χ4v) is 3.77. The van der Waals surface area contributed by atoms with Gasteiger partial charge in [-0.3, -0.25) is 9.59 Å². The zero-order valence-corrected chi connectivity index (χ0v) is 19.5. The first-order chi connectivity index (χ1) is 15.9. The van der Waals surface area contributed by atoms with Gasteiger partial charge in [0.1, 0.15) is 11.9 Å². The van der Waals surface area contributed by atoms with Crippen molar-refractivity contribution < 1.29 is 19.1 Å². The summed E-state index contributed by atoms with van der Waals surface area (Å²) < 4.78 is 4.99. The van der Waals surface area contributed by atoms with Gasteiger partial charge in [0.05, 0.1) is 12.2 Å². The van der Waals surface area contributed by atoms with Gasteiger partial charge in [0.2, 0.25) is 11.8 Å². The Morgan fingerprint density at radius 2 is 1.73 bits per heavy atom. The number of nitrogens with one attached hydrogen (secondary N) is 1. The van der Waals surface area contributed by atoms with Crippen LogP contribution in [0.4, 0.5) is 5.82 Å². The number of piperazine rings is 1. The molecule has 3 rings (SSSR count). The van der Waals surface area contributed by atoms with E-state index in [4.69, 9.17) is 4.74 Å². The number of esters is 1. The van der Waals surface area contributed by atoms with Gasteiger partial charge in [-0.25, -0.2) is 9.78 Å². The lowest BCUT2D eigenvalue weighted by Crippen LogP contribution is -2.52. The van der Waals surface area contributed by atoms with Crippen molar-refractivity contribution in [2.75, 3.05) is 37.7 Å². The van der Waals surface area contributed by atoms with Crippen LogP contribution < -0.4 is 10.2 Å². The highest BCUT2D eigenvalue weighted by Gasteiger charge is 2.30. The minimum Gasteiger partial charge on any atom is -0.462 e. The number of carbonyl (C=O) groups excluding carboxylic acids is 3. The fourth-order valence-electron chi connectivity index (χ4n) is 3.77. The molecule has 0 saturated carbocycles. The molecule has 33 heavy (non-hydrogen) atoms. The summed E-state index contributed by atoms with van der Waals surface area (Å²) in [6, 6.07) is 12.1. The molecule has 8 heteroatoms. The molecule has 0 aliphatic carbocycles. The van der Waals surface area contributed by atoms with Gasteiger partial charge < -0.3 is 19.9 Å². The van der Waals surface area contributed by atoms with Gasteiger partial charge in [-0.15, -0.1) is 0 Å². The van der Waals surface area contributed by atoms with Crippen LogP contribution >= 0.6 is 0 Å². The largest absolute Gasteiger partial charge is 0.462 e. The predicted octanol–water partition coefficient (Wildman–Crippen LogP) is 2.81. The van der Waals surface area contributed by atoms with Gasteiger partial charge in [-0.05, 0) is 30.5 Å². The summed E-state index contributed by atoms with van der Waals surface area (Å²) in [5.74, 6) is 0.335. The maximum atomic E-state index is 13.4. The van der Waals surface area contributed by atoms with E-state index in [-0.39, 0.29) is 17.7 Å². The van der Waals surface area contributed by atoms with Crippen LogP contribution in [0.5, 0.6) is 0 Å². The van der Waals surface area contributed by atoms with Crippen molar-refractivity contribution in [3.8, 4) is 0 Å². The maximum Gasteiger partial charge on any atom is 0.339 e. The van der Waals surface area contributed by atoms with Crippen LogP contribution in [0.1, 0.15) is 49.2 Å². The molecular formula is C25H32N4O4. The standard InChI is InChI=1S/C25H32N4O4/c1-4-33-25(32)20-10-11-21(26-17-20)28-12-14-29(15-13-28)24(31)23(19-8-6-5-7-9-19)27-22(30)16-18(2)3/h5-11,17-18,23H,4,12-16H2,1-3H3,(H,27,30). The molecular weight excluding hydrogens is 420 g/mol. The molecule has 1 aromatic heterocycles. The van der Waals surface area contributed by atoms with Crippen molar-refractivity contribution >= 4 is 23.6 Å². The number of benzene rings is 1. The Labute approximate surface area is 194 Å². The average molecular weight is 453 g/mol. The minimum atomic E-state index is -0.703. The van der Waals surface area contributed by atoms with Gasteiger partial charge in [-0.2, -0.15) is 0 Å². The normalized spacial score (nSPS) is 14.7. The number of amides is 2. The third-order valence-corrected chi connectivity index (χ3v) is 5.45. The van der Waals surface area contributed by atoms with Gasteiger partial charge in [0.25, 0.3) is 0 Å². The quantitative estimate of drug-likeness (QED) is 0.620. The molecule has 1 fully saturated rings. The van der Waals surface area contributed by atoms with Crippen LogP contribution in [-0.4, -0.2) is 60.5 Å². The van der Waals surface area contributed by atoms with Crippen molar-refractivity contribution in [2.24, 2.45) is 5.92 Å². The van der Waals surface area contributed by atoms with Gasteiger partial charge in [0, 0.05) is 38.8 Å². The second-order valence-corrected chi connectivity index (χ2v) is 8.45. The molecule has 1 N–H and O–H groups in total. The lowest BCUT2D eigenvalue weighted by molar-refractivity contribution is -0.137. The van der Waals surface area contributed by atoms with Crippen molar-refractivity contribution in [2.45, 2.75) is 33.2 Å². The fraction of sp³-hybridized carbons (Fsp3) is 0.440. The summed E-state index contributed by atoms with van der Waals surface area (Å²) in [6.07, 6.45) is 1.89. The van der Waals surface area contributed by atoms with E-state index in [0.717, 1.165) is 11.4 Å². The van der Waals surface area contributed by atoms with E-state index in [1.54, 1.807) is 24.0 Å². The van der Waals surface area contributed by atoms with E-state index < -0.39 is 12.0 Å². The Kier molecular flexibility index (Phi) is 8.40. The van der Waals surface area contributed by atoms with Gasteiger partial charge in [0.15, 0.2) is 0 Å². The van der Waals surface area contributed by atoms with E-state index in [1.165, 1.54) is 6.20 Å². The van der Waals surface area contributed by atoms with Crippen LogP contribution in [-0.2, 0) is 14.3 Å². The van der Waals surface area contributed by atoms with E-state index in [1.807, 2.05) is 44.2 Å². The first-order valence-electron chi connectivity index (χ1n) is 11.4. The second-order valence-electron chi connectivity index (χ2n) is 8.45. The van der Waals surface area contributed by atoms with Crippen LogP contribution in [0, 0.1) is 5.92 Å². The lowest BCUT2D eigenvalue weighted by atomic mass is 10.0. The first kappa shape index (κ1) is 24.2. The zero-order chi connectivity index (χ0) is 23.8. The molecule has 8 nitrogen and oxygen atoms in total. The van der Waals surface area contributed by atoms with E-state index in [2.05, 4.69) is 15.2 Å². The highest BCUT2D eigenvalue weighted by Crippen LogP contribution is 2.20. The van der Waals surface area contributed by atoms with Crippen LogP contribution in [0.15, 0.2) is 48.7 Å². The lowest BCUT2D eigenvalue weighted by Gasteiger charge is -2.37. The van der Waals surface area contributed by atoms with E-state index >= 15 is 0 Å².